The van der Waals surface area contributed by atoms with Crippen LogP contribution in [0, 0.1) is 0 Å². The van der Waals surface area contributed by atoms with Gasteiger partial charge in [0.1, 0.15) is 0 Å². The number of carbonyl (C=O) groups is 1. The van der Waals surface area contributed by atoms with Crippen LogP contribution in [0.25, 0.3) is 0 Å². The predicted octanol–water partition coefficient (Wildman–Crippen LogP) is 3.24. The highest BCUT2D eigenvalue weighted by Crippen LogP contribution is 2.32. The van der Waals surface area contributed by atoms with E-state index < -0.39 is 21.1 Å². The molecule has 146 valence electrons. The quantitative estimate of drug-likeness (QED) is 0.781. The smallest absolute Gasteiger partial charge is 0.333 e. The standard InChI is InChI=1S/C18H24N4O4S/c1-11(2)13-7-6-8-14(12(3)4)16(13)20-18(23)22-27(24,25)17-15(26-5)9-10-19-21-17/h6-12H,1-5H3,(H2,20,22,23). The zero-order valence-corrected chi connectivity index (χ0v) is 16.8. The van der Waals surface area contributed by atoms with Gasteiger partial charge in [0, 0.05) is 11.8 Å². The Labute approximate surface area is 159 Å². The monoisotopic (exact) mass is 392 g/mol. The summed E-state index contributed by atoms with van der Waals surface area (Å²) in [7, 11) is -2.94. The topological polar surface area (TPSA) is 110 Å². The average Bonchev–Trinajstić information content (AvgIpc) is 2.60. The number of methoxy groups -OCH3 is 1. The van der Waals surface area contributed by atoms with Crippen LogP contribution in [0.2, 0.25) is 0 Å². The van der Waals surface area contributed by atoms with E-state index in [1.807, 2.05) is 50.6 Å². The summed E-state index contributed by atoms with van der Waals surface area (Å²) >= 11 is 0. The molecule has 2 N–H and O–H groups in total. The van der Waals surface area contributed by atoms with E-state index >= 15 is 0 Å². The summed E-state index contributed by atoms with van der Waals surface area (Å²) in [4.78, 5) is 12.5. The fourth-order valence-corrected chi connectivity index (χ4v) is 3.62. The molecule has 27 heavy (non-hydrogen) atoms. The van der Waals surface area contributed by atoms with Gasteiger partial charge in [0.2, 0.25) is 5.03 Å². The number of anilines is 1. The van der Waals surface area contributed by atoms with Crippen LogP contribution in [0.4, 0.5) is 10.5 Å². The van der Waals surface area contributed by atoms with E-state index in [4.69, 9.17) is 4.74 Å². The summed E-state index contributed by atoms with van der Waals surface area (Å²) in [6.07, 6.45) is 1.30. The number of hydrogen-bond donors (Lipinski definition) is 2. The first kappa shape index (κ1) is 20.6. The minimum atomic E-state index is -4.25. The van der Waals surface area contributed by atoms with Crippen molar-refractivity contribution in [1.82, 2.24) is 14.9 Å². The fraction of sp³-hybridized carbons (Fsp3) is 0.389. The second-order valence-corrected chi connectivity index (χ2v) is 8.18. The summed E-state index contributed by atoms with van der Waals surface area (Å²) in [5.74, 6) is 0.294. The van der Waals surface area contributed by atoms with Crippen LogP contribution in [0.15, 0.2) is 35.5 Å². The molecular weight excluding hydrogens is 368 g/mol. The number of hydrogen-bond acceptors (Lipinski definition) is 6. The van der Waals surface area contributed by atoms with Gasteiger partial charge in [-0.1, -0.05) is 45.9 Å². The van der Waals surface area contributed by atoms with E-state index in [-0.39, 0.29) is 17.6 Å². The predicted molar refractivity (Wildman–Crippen MR) is 103 cm³/mol. The average molecular weight is 392 g/mol. The molecular formula is C18H24N4O4S. The molecule has 0 saturated carbocycles. The lowest BCUT2D eigenvalue weighted by atomic mass is 9.93. The molecule has 0 fully saturated rings. The van der Waals surface area contributed by atoms with Crippen molar-refractivity contribution in [2.75, 3.05) is 12.4 Å². The van der Waals surface area contributed by atoms with E-state index in [0.717, 1.165) is 11.1 Å². The molecule has 2 rings (SSSR count). The molecule has 0 aliphatic heterocycles. The van der Waals surface area contributed by atoms with Gasteiger partial charge < -0.3 is 10.1 Å². The number of ether oxygens (including phenoxy) is 1. The molecule has 0 aliphatic carbocycles. The Balaban J connectivity index is 2.33. The highest BCUT2D eigenvalue weighted by molar-refractivity contribution is 7.90. The van der Waals surface area contributed by atoms with Crippen molar-refractivity contribution in [1.29, 1.82) is 0 Å². The number of para-hydroxylation sites is 1. The molecule has 0 unspecified atom stereocenters. The van der Waals surface area contributed by atoms with Crippen molar-refractivity contribution in [3.8, 4) is 5.75 Å². The molecule has 8 nitrogen and oxygen atoms in total. The highest BCUT2D eigenvalue weighted by atomic mass is 32.2. The summed E-state index contributed by atoms with van der Waals surface area (Å²) in [5, 5.41) is 9.34. The number of sulfonamides is 1. The molecule has 1 aromatic heterocycles. The molecule has 2 aromatic rings. The van der Waals surface area contributed by atoms with Gasteiger partial charge in [-0.3, -0.25) is 0 Å². The molecule has 0 aliphatic rings. The van der Waals surface area contributed by atoms with Gasteiger partial charge in [-0.05, 0) is 23.0 Å². The van der Waals surface area contributed by atoms with Crippen LogP contribution in [0.5, 0.6) is 5.75 Å². The van der Waals surface area contributed by atoms with E-state index in [9.17, 15) is 13.2 Å². The third-order valence-electron chi connectivity index (χ3n) is 3.96. The number of carbonyl (C=O) groups excluding carboxylic acids is 1. The Morgan fingerprint density at radius 2 is 1.67 bits per heavy atom. The molecule has 0 saturated heterocycles. The molecule has 0 atom stereocenters. The summed E-state index contributed by atoms with van der Waals surface area (Å²) in [6, 6.07) is 6.22. The van der Waals surface area contributed by atoms with Crippen LogP contribution >= 0.6 is 0 Å². The second kappa shape index (κ2) is 8.34. The zero-order chi connectivity index (χ0) is 20.2. The largest absolute Gasteiger partial charge is 0.494 e. The van der Waals surface area contributed by atoms with Crippen LogP contribution in [0.1, 0.15) is 50.7 Å². The first-order chi connectivity index (χ1) is 12.7. The molecule has 1 heterocycles. The van der Waals surface area contributed by atoms with Crippen molar-refractivity contribution in [2.45, 2.75) is 44.6 Å². The Bertz CT molecular complexity index is 900. The van der Waals surface area contributed by atoms with Crippen LogP contribution < -0.4 is 14.8 Å². The van der Waals surface area contributed by atoms with Crippen LogP contribution in [-0.4, -0.2) is 31.8 Å². The maximum Gasteiger partial charge on any atom is 0.333 e. The van der Waals surface area contributed by atoms with Gasteiger partial charge in [-0.2, -0.15) is 13.5 Å². The van der Waals surface area contributed by atoms with Gasteiger partial charge in [0.05, 0.1) is 13.3 Å². The van der Waals surface area contributed by atoms with Crippen molar-refractivity contribution in [2.24, 2.45) is 0 Å². The van der Waals surface area contributed by atoms with Crippen LogP contribution in [0.3, 0.4) is 0 Å². The lowest BCUT2D eigenvalue weighted by Gasteiger charge is -2.20. The van der Waals surface area contributed by atoms with Gasteiger partial charge in [-0.25, -0.2) is 9.52 Å². The van der Waals surface area contributed by atoms with Crippen LogP contribution in [-0.2, 0) is 10.0 Å². The molecule has 0 spiro atoms. The number of urea groups is 1. The summed E-state index contributed by atoms with van der Waals surface area (Å²) in [6.45, 7) is 8.01. The number of benzene rings is 1. The Kier molecular flexibility index (Phi) is 6.37. The Morgan fingerprint density at radius 1 is 1.07 bits per heavy atom. The van der Waals surface area contributed by atoms with Gasteiger partial charge in [-0.15, -0.1) is 5.10 Å². The molecule has 2 amide bonds. The number of nitrogens with one attached hydrogen (secondary N) is 2. The Morgan fingerprint density at radius 3 is 2.19 bits per heavy atom. The lowest BCUT2D eigenvalue weighted by Crippen LogP contribution is -2.35. The zero-order valence-electron chi connectivity index (χ0n) is 16.0. The first-order valence-corrected chi connectivity index (χ1v) is 9.98. The van der Waals surface area contributed by atoms with Gasteiger partial charge in [0.15, 0.2) is 5.75 Å². The molecule has 9 heteroatoms. The summed E-state index contributed by atoms with van der Waals surface area (Å²) < 4.78 is 31.9. The number of rotatable bonds is 6. The molecule has 1 aromatic carbocycles. The number of aromatic nitrogens is 2. The van der Waals surface area contributed by atoms with Crippen molar-refractivity contribution in [3.63, 3.8) is 0 Å². The molecule has 0 radical (unpaired) electrons. The maximum atomic E-state index is 12.5. The normalized spacial score (nSPS) is 11.5. The lowest BCUT2D eigenvalue weighted by molar-refractivity contribution is 0.256. The van der Waals surface area contributed by atoms with Gasteiger partial charge in [0.25, 0.3) is 10.0 Å². The maximum absolute atomic E-state index is 12.5. The third-order valence-corrected chi connectivity index (χ3v) is 5.21. The van der Waals surface area contributed by atoms with E-state index in [1.54, 1.807) is 0 Å². The number of amides is 2. The minimum Gasteiger partial charge on any atom is -0.494 e. The molecule has 0 bridgehead atoms. The van der Waals surface area contributed by atoms with Crippen molar-refractivity contribution in [3.05, 3.63) is 41.6 Å². The second-order valence-electron chi connectivity index (χ2n) is 6.59. The Hall–Kier alpha value is -2.68. The van der Waals surface area contributed by atoms with E-state index in [2.05, 4.69) is 15.5 Å². The first-order valence-electron chi connectivity index (χ1n) is 8.49. The van der Waals surface area contributed by atoms with Crippen molar-refractivity contribution < 1.29 is 17.9 Å². The van der Waals surface area contributed by atoms with Crippen molar-refractivity contribution >= 4 is 21.7 Å². The highest BCUT2D eigenvalue weighted by Gasteiger charge is 2.25. The summed E-state index contributed by atoms with van der Waals surface area (Å²) in [5.41, 5.74) is 2.46. The number of nitrogens with zero attached hydrogens (tertiary/aromatic N) is 2. The van der Waals surface area contributed by atoms with E-state index in [0.29, 0.717) is 5.69 Å². The van der Waals surface area contributed by atoms with E-state index in [1.165, 1.54) is 19.4 Å². The minimum absolute atomic E-state index is 0.00394. The SMILES string of the molecule is COc1ccnnc1S(=O)(=O)NC(=O)Nc1c(C(C)C)cccc1C(C)C. The third kappa shape index (κ3) is 4.73. The fourth-order valence-electron chi connectivity index (χ4n) is 2.65. The van der Waals surface area contributed by atoms with Gasteiger partial charge >= 0.3 is 6.03 Å².